The predicted octanol–water partition coefficient (Wildman–Crippen LogP) is 3.60. The van der Waals surface area contributed by atoms with Crippen LogP contribution in [0.25, 0.3) is 17.0 Å². The zero-order chi connectivity index (χ0) is 20.6. The van der Waals surface area contributed by atoms with Crippen molar-refractivity contribution < 1.29 is 13.2 Å². The van der Waals surface area contributed by atoms with Crippen LogP contribution in [-0.4, -0.2) is 41.1 Å². The number of hydrogen-bond donors (Lipinski definition) is 1. The number of halogens is 1. The molecule has 10 heteroatoms. The Morgan fingerprint density at radius 2 is 1.97 bits per heavy atom. The summed E-state index contributed by atoms with van der Waals surface area (Å²) in [5.74, 6) is 0.715. The van der Waals surface area contributed by atoms with Crippen molar-refractivity contribution in [3.8, 4) is 17.1 Å². The van der Waals surface area contributed by atoms with Gasteiger partial charge in [-0.3, -0.25) is 4.40 Å². The molecule has 0 fully saturated rings. The third kappa shape index (κ3) is 3.74. The number of nitrogens with one attached hydrogen (secondary N) is 1. The van der Waals surface area contributed by atoms with E-state index in [1.807, 2.05) is 28.8 Å². The maximum atomic E-state index is 11.9. The first kappa shape index (κ1) is 19.2. The molecule has 148 valence electrons. The topological polar surface area (TPSA) is 98.5 Å². The Bertz CT molecular complexity index is 1320. The summed E-state index contributed by atoms with van der Waals surface area (Å²) in [5, 5.41) is 3.34. The van der Waals surface area contributed by atoms with Crippen LogP contribution >= 0.6 is 11.6 Å². The standard InChI is InChI=1S/C19H16ClN5O3S/c1-28-15-7-6-12(29(2,26)27)11-14(15)23-19-21-9-8-13(22-19)17-18(20)24-16-5-3-4-10-25(16)17/h3-11H,1-2H3,(H,21,22,23). The average Bonchev–Trinajstić information content (AvgIpc) is 3.03. The van der Waals surface area contributed by atoms with Gasteiger partial charge in [0.1, 0.15) is 17.1 Å². The number of fused-ring (bicyclic) bond motifs is 1. The van der Waals surface area contributed by atoms with E-state index in [4.69, 9.17) is 16.3 Å². The Hall–Kier alpha value is -3.17. The summed E-state index contributed by atoms with van der Waals surface area (Å²) in [5.41, 5.74) is 2.31. The first-order valence-electron chi connectivity index (χ1n) is 8.48. The fourth-order valence-corrected chi connectivity index (χ4v) is 3.80. The fraction of sp³-hybridized carbons (Fsp3) is 0.105. The molecule has 0 aliphatic rings. The summed E-state index contributed by atoms with van der Waals surface area (Å²) in [6.45, 7) is 0. The SMILES string of the molecule is COc1ccc(S(C)(=O)=O)cc1Nc1nccc(-c2c(Cl)nc3ccccn23)n1. The van der Waals surface area contributed by atoms with E-state index in [1.165, 1.54) is 19.2 Å². The summed E-state index contributed by atoms with van der Waals surface area (Å²) in [6, 6.07) is 11.8. The average molecular weight is 430 g/mol. The molecule has 0 aliphatic heterocycles. The zero-order valence-corrected chi connectivity index (χ0v) is 17.1. The first-order chi connectivity index (χ1) is 13.9. The Morgan fingerprint density at radius 1 is 1.14 bits per heavy atom. The number of nitrogens with zero attached hydrogens (tertiary/aromatic N) is 4. The van der Waals surface area contributed by atoms with Gasteiger partial charge < -0.3 is 10.1 Å². The van der Waals surface area contributed by atoms with Gasteiger partial charge in [0.05, 0.1) is 23.4 Å². The molecule has 0 atom stereocenters. The number of aromatic nitrogens is 4. The molecule has 3 aromatic heterocycles. The largest absolute Gasteiger partial charge is 0.495 e. The molecule has 29 heavy (non-hydrogen) atoms. The van der Waals surface area contributed by atoms with E-state index in [1.54, 1.807) is 18.3 Å². The lowest BCUT2D eigenvalue weighted by Crippen LogP contribution is -2.03. The molecular weight excluding hydrogens is 414 g/mol. The van der Waals surface area contributed by atoms with E-state index in [2.05, 4.69) is 20.3 Å². The van der Waals surface area contributed by atoms with Crippen LogP contribution in [0.3, 0.4) is 0 Å². The van der Waals surface area contributed by atoms with Crippen molar-refractivity contribution >= 4 is 38.7 Å². The molecule has 4 rings (SSSR count). The van der Waals surface area contributed by atoms with Crippen molar-refractivity contribution in [3.63, 3.8) is 0 Å². The summed E-state index contributed by atoms with van der Waals surface area (Å²) in [7, 11) is -1.89. The van der Waals surface area contributed by atoms with Crippen molar-refractivity contribution in [1.82, 2.24) is 19.4 Å². The number of pyridine rings is 1. The van der Waals surface area contributed by atoms with Crippen molar-refractivity contribution in [1.29, 1.82) is 0 Å². The smallest absolute Gasteiger partial charge is 0.227 e. The van der Waals surface area contributed by atoms with Gasteiger partial charge in [-0.2, -0.15) is 0 Å². The maximum Gasteiger partial charge on any atom is 0.227 e. The molecule has 0 aliphatic carbocycles. The second-order valence-electron chi connectivity index (χ2n) is 6.20. The van der Waals surface area contributed by atoms with E-state index in [0.29, 0.717) is 33.6 Å². The van der Waals surface area contributed by atoms with Crippen LogP contribution in [0.15, 0.2) is 59.8 Å². The van der Waals surface area contributed by atoms with Crippen molar-refractivity contribution in [2.45, 2.75) is 4.90 Å². The first-order valence-corrected chi connectivity index (χ1v) is 10.7. The van der Waals surface area contributed by atoms with Gasteiger partial charge in [-0.15, -0.1) is 0 Å². The number of methoxy groups -OCH3 is 1. The number of anilines is 2. The van der Waals surface area contributed by atoms with Gasteiger partial charge in [-0.05, 0) is 36.4 Å². The number of benzene rings is 1. The van der Waals surface area contributed by atoms with E-state index in [-0.39, 0.29) is 10.8 Å². The monoisotopic (exact) mass is 429 g/mol. The number of hydrogen-bond acceptors (Lipinski definition) is 7. The van der Waals surface area contributed by atoms with Crippen molar-refractivity contribution in [2.24, 2.45) is 0 Å². The minimum absolute atomic E-state index is 0.154. The molecule has 4 aromatic rings. The highest BCUT2D eigenvalue weighted by Crippen LogP contribution is 2.31. The molecule has 3 heterocycles. The minimum Gasteiger partial charge on any atom is -0.495 e. The third-order valence-corrected chi connectivity index (χ3v) is 5.60. The Labute approximate surface area is 172 Å². The summed E-state index contributed by atoms with van der Waals surface area (Å²) in [4.78, 5) is 13.2. The molecule has 0 saturated heterocycles. The molecule has 0 bridgehead atoms. The van der Waals surface area contributed by atoms with E-state index in [9.17, 15) is 8.42 Å². The molecule has 0 spiro atoms. The van der Waals surface area contributed by atoms with E-state index in [0.717, 1.165) is 6.26 Å². The Morgan fingerprint density at radius 3 is 2.72 bits per heavy atom. The van der Waals surface area contributed by atoms with Crippen LogP contribution in [0.4, 0.5) is 11.6 Å². The summed E-state index contributed by atoms with van der Waals surface area (Å²) >= 11 is 6.33. The molecule has 0 radical (unpaired) electrons. The van der Waals surface area contributed by atoms with Gasteiger partial charge in [0, 0.05) is 18.6 Å². The third-order valence-electron chi connectivity index (χ3n) is 4.23. The van der Waals surface area contributed by atoms with Gasteiger partial charge in [0.2, 0.25) is 5.95 Å². The van der Waals surface area contributed by atoms with Crippen LogP contribution in [0.5, 0.6) is 5.75 Å². The number of ether oxygens (including phenoxy) is 1. The van der Waals surface area contributed by atoms with Crippen molar-refractivity contribution in [2.75, 3.05) is 18.7 Å². The lowest BCUT2D eigenvalue weighted by Gasteiger charge is -2.12. The quantitative estimate of drug-likeness (QED) is 0.517. The Balaban J connectivity index is 1.76. The van der Waals surface area contributed by atoms with Crippen molar-refractivity contribution in [3.05, 3.63) is 60.0 Å². The van der Waals surface area contributed by atoms with Gasteiger partial charge >= 0.3 is 0 Å². The lowest BCUT2D eigenvalue weighted by atomic mass is 10.3. The molecule has 1 aromatic carbocycles. The van der Waals surface area contributed by atoms with Crippen LogP contribution in [0, 0.1) is 0 Å². The molecule has 0 amide bonds. The highest BCUT2D eigenvalue weighted by molar-refractivity contribution is 7.90. The van der Waals surface area contributed by atoms with E-state index < -0.39 is 9.84 Å². The van der Waals surface area contributed by atoms with Crippen LogP contribution in [-0.2, 0) is 9.84 Å². The second kappa shape index (κ2) is 7.34. The number of imidazole rings is 1. The zero-order valence-electron chi connectivity index (χ0n) is 15.5. The second-order valence-corrected chi connectivity index (χ2v) is 8.58. The molecule has 1 N–H and O–H groups in total. The van der Waals surface area contributed by atoms with Gasteiger partial charge in [0.25, 0.3) is 0 Å². The van der Waals surface area contributed by atoms with Gasteiger partial charge in [-0.25, -0.2) is 23.4 Å². The minimum atomic E-state index is -3.38. The van der Waals surface area contributed by atoms with Gasteiger partial charge in [0.15, 0.2) is 15.0 Å². The summed E-state index contributed by atoms with van der Waals surface area (Å²) < 4.78 is 30.9. The predicted molar refractivity (Wildman–Crippen MR) is 111 cm³/mol. The highest BCUT2D eigenvalue weighted by atomic mass is 35.5. The summed E-state index contributed by atoms with van der Waals surface area (Å²) in [6.07, 6.45) is 4.57. The Kier molecular flexibility index (Phi) is 4.85. The van der Waals surface area contributed by atoms with E-state index >= 15 is 0 Å². The lowest BCUT2D eigenvalue weighted by molar-refractivity contribution is 0.416. The molecular formula is C19H16ClN5O3S. The van der Waals surface area contributed by atoms with Crippen LogP contribution in [0.1, 0.15) is 0 Å². The number of rotatable bonds is 5. The van der Waals surface area contributed by atoms with Gasteiger partial charge in [-0.1, -0.05) is 17.7 Å². The van der Waals surface area contributed by atoms with Crippen LogP contribution < -0.4 is 10.1 Å². The van der Waals surface area contributed by atoms with Crippen LogP contribution in [0.2, 0.25) is 5.15 Å². The maximum absolute atomic E-state index is 11.9. The highest BCUT2D eigenvalue weighted by Gasteiger charge is 2.16. The fourth-order valence-electron chi connectivity index (χ4n) is 2.88. The molecule has 0 saturated carbocycles. The molecule has 0 unspecified atom stereocenters. The number of sulfone groups is 1. The normalized spacial score (nSPS) is 11.6. The molecule has 8 nitrogen and oxygen atoms in total.